The van der Waals surface area contributed by atoms with E-state index in [1.165, 1.54) is 11.3 Å². The Morgan fingerprint density at radius 1 is 1.18 bits per heavy atom. The van der Waals surface area contributed by atoms with Gasteiger partial charge in [0.15, 0.2) is 0 Å². The molecule has 2 heterocycles. The van der Waals surface area contributed by atoms with Crippen molar-refractivity contribution in [3.63, 3.8) is 0 Å². The number of benzene rings is 1. The van der Waals surface area contributed by atoms with Gasteiger partial charge in [-0.25, -0.2) is 4.98 Å². The third-order valence-corrected chi connectivity index (χ3v) is 5.70. The Labute approximate surface area is 168 Å². The first-order chi connectivity index (χ1) is 13.6. The fourth-order valence-electron chi connectivity index (χ4n) is 3.24. The summed E-state index contributed by atoms with van der Waals surface area (Å²) in [5, 5.41) is 2.45. The van der Waals surface area contributed by atoms with Gasteiger partial charge >= 0.3 is 0 Å². The normalized spacial score (nSPS) is 12.2. The molecule has 3 rings (SSSR count). The number of aromatic nitrogens is 2. The third kappa shape index (κ3) is 4.66. The van der Waals surface area contributed by atoms with Crippen molar-refractivity contribution in [2.75, 3.05) is 13.1 Å². The van der Waals surface area contributed by atoms with Crippen LogP contribution in [0.25, 0.3) is 10.9 Å². The molecular weight excluding hydrogens is 372 g/mol. The largest absolute Gasteiger partial charge is 0.330 e. The van der Waals surface area contributed by atoms with Gasteiger partial charge in [0, 0.05) is 6.54 Å². The fourth-order valence-corrected chi connectivity index (χ4v) is 3.92. The van der Waals surface area contributed by atoms with Crippen molar-refractivity contribution < 1.29 is 4.79 Å². The maximum absolute atomic E-state index is 13.1. The van der Waals surface area contributed by atoms with Crippen LogP contribution in [0.1, 0.15) is 54.1 Å². The summed E-state index contributed by atoms with van der Waals surface area (Å²) in [5.41, 5.74) is 6.02. The zero-order valence-electron chi connectivity index (χ0n) is 16.1. The number of amides is 1. The molecule has 3 N–H and O–H groups in total. The molecule has 3 aromatic rings. The second-order valence-electron chi connectivity index (χ2n) is 6.82. The summed E-state index contributed by atoms with van der Waals surface area (Å²) < 4.78 is 0. The molecule has 6 nitrogen and oxygen atoms in total. The summed E-state index contributed by atoms with van der Waals surface area (Å²) >= 11 is 1.42. The number of nitrogens with two attached hydrogens (primary N) is 1. The van der Waals surface area contributed by atoms with Gasteiger partial charge in [-0.2, -0.15) is 0 Å². The molecule has 0 radical (unpaired) electrons. The third-order valence-electron chi connectivity index (χ3n) is 4.84. The van der Waals surface area contributed by atoms with Crippen molar-refractivity contribution in [2.45, 2.75) is 38.6 Å². The number of hydrogen-bond acceptors (Lipinski definition) is 5. The van der Waals surface area contributed by atoms with Crippen molar-refractivity contribution >= 4 is 28.1 Å². The minimum Gasteiger partial charge on any atom is -0.330 e. The number of carbonyl (C=O) groups excluding carboxylic acids is 1. The summed E-state index contributed by atoms with van der Waals surface area (Å²) in [6.07, 6.45) is 3.95. The quantitative estimate of drug-likeness (QED) is 0.538. The van der Waals surface area contributed by atoms with Gasteiger partial charge in [-0.1, -0.05) is 31.0 Å². The number of aromatic amines is 1. The van der Waals surface area contributed by atoms with Crippen molar-refractivity contribution in [3.8, 4) is 0 Å². The van der Waals surface area contributed by atoms with Crippen LogP contribution >= 0.6 is 11.3 Å². The maximum atomic E-state index is 13.1. The second kappa shape index (κ2) is 9.61. The number of rotatable bonds is 9. The first-order valence-corrected chi connectivity index (χ1v) is 10.5. The van der Waals surface area contributed by atoms with Crippen LogP contribution in [0.4, 0.5) is 0 Å². The smallest absolute Gasteiger partial charge is 0.264 e. The highest BCUT2D eigenvalue weighted by Gasteiger charge is 2.25. The number of nitrogens with one attached hydrogen (secondary N) is 1. The molecule has 0 bridgehead atoms. The van der Waals surface area contributed by atoms with E-state index >= 15 is 0 Å². The molecule has 7 heteroatoms. The molecule has 1 unspecified atom stereocenters. The number of hydrogen-bond donors (Lipinski definition) is 2. The Kier molecular flexibility index (Phi) is 6.95. The molecule has 1 amide bonds. The van der Waals surface area contributed by atoms with Crippen molar-refractivity contribution in [1.82, 2.24) is 14.9 Å². The zero-order chi connectivity index (χ0) is 19.9. The number of unbranched alkanes of at least 4 members (excludes halogenated alkanes) is 3. The lowest BCUT2D eigenvalue weighted by Gasteiger charge is -2.28. The van der Waals surface area contributed by atoms with Crippen molar-refractivity contribution in [2.24, 2.45) is 5.73 Å². The van der Waals surface area contributed by atoms with Crippen LogP contribution in [0.15, 0.2) is 46.6 Å². The minimum atomic E-state index is -0.332. The summed E-state index contributed by atoms with van der Waals surface area (Å²) in [6.45, 7) is 3.22. The van der Waals surface area contributed by atoms with Gasteiger partial charge in [-0.15, -0.1) is 11.3 Å². The molecule has 0 fully saturated rings. The van der Waals surface area contributed by atoms with Crippen LogP contribution in [-0.2, 0) is 0 Å². The van der Waals surface area contributed by atoms with E-state index in [1.54, 1.807) is 11.0 Å². The first-order valence-electron chi connectivity index (χ1n) is 9.65. The Morgan fingerprint density at radius 2 is 1.96 bits per heavy atom. The van der Waals surface area contributed by atoms with Gasteiger partial charge in [0.1, 0.15) is 5.82 Å². The predicted molar refractivity (Wildman–Crippen MR) is 114 cm³/mol. The molecule has 0 aliphatic rings. The Bertz CT molecular complexity index is 968. The number of para-hydroxylation sites is 1. The Hall–Kier alpha value is -2.51. The van der Waals surface area contributed by atoms with Gasteiger partial charge in [0.2, 0.25) is 0 Å². The number of carbonyl (C=O) groups is 1. The van der Waals surface area contributed by atoms with Crippen molar-refractivity contribution in [3.05, 3.63) is 62.8 Å². The lowest BCUT2D eigenvalue weighted by molar-refractivity contribution is 0.0684. The second-order valence-corrected chi connectivity index (χ2v) is 7.77. The minimum absolute atomic E-state index is 0.0304. The Balaban J connectivity index is 1.86. The average Bonchev–Trinajstić information content (AvgIpc) is 3.25. The molecule has 0 spiro atoms. The van der Waals surface area contributed by atoms with Gasteiger partial charge in [-0.3, -0.25) is 9.59 Å². The first kappa shape index (κ1) is 20.2. The van der Waals surface area contributed by atoms with Gasteiger partial charge in [-0.05, 0) is 49.9 Å². The predicted octanol–water partition coefficient (Wildman–Crippen LogP) is 3.71. The van der Waals surface area contributed by atoms with Crippen LogP contribution in [0.2, 0.25) is 0 Å². The van der Waals surface area contributed by atoms with E-state index < -0.39 is 0 Å². The molecular formula is C21H26N4O2S. The monoisotopic (exact) mass is 398 g/mol. The SMILES string of the molecule is CC(c1nc2ccccc2c(=O)[nH]1)N(CCCCCCN)C(=O)c1cccs1. The molecule has 1 aromatic carbocycles. The number of H-pyrrole nitrogens is 1. The highest BCUT2D eigenvalue weighted by atomic mass is 32.1. The molecule has 148 valence electrons. The van der Waals surface area contributed by atoms with Crippen molar-refractivity contribution in [1.29, 1.82) is 0 Å². The Morgan fingerprint density at radius 3 is 2.71 bits per heavy atom. The summed E-state index contributed by atoms with van der Waals surface area (Å²) in [6, 6.07) is 10.6. The summed E-state index contributed by atoms with van der Waals surface area (Å²) in [4.78, 5) is 35.5. The van der Waals surface area contributed by atoms with Crippen LogP contribution in [0.3, 0.4) is 0 Å². The van der Waals surface area contributed by atoms with Crippen LogP contribution < -0.4 is 11.3 Å². The molecule has 0 saturated carbocycles. The van der Waals surface area contributed by atoms with Crippen LogP contribution in [0, 0.1) is 0 Å². The lowest BCUT2D eigenvalue weighted by atomic mass is 10.1. The molecule has 0 saturated heterocycles. The van der Waals surface area contributed by atoms with E-state index in [0.29, 0.717) is 34.7 Å². The average molecular weight is 399 g/mol. The van der Waals surface area contributed by atoms with Gasteiger partial charge in [0.05, 0.1) is 21.8 Å². The van der Waals surface area contributed by atoms with E-state index in [-0.39, 0.29) is 17.5 Å². The van der Waals surface area contributed by atoms with E-state index in [2.05, 4.69) is 9.97 Å². The van der Waals surface area contributed by atoms with E-state index in [0.717, 1.165) is 25.7 Å². The van der Waals surface area contributed by atoms with Crippen LogP contribution in [0.5, 0.6) is 0 Å². The van der Waals surface area contributed by atoms with E-state index in [1.807, 2.05) is 42.6 Å². The van der Waals surface area contributed by atoms with Gasteiger partial charge < -0.3 is 15.6 Å². The van der Waals surface area contributed by atoms with E-state index in [9.17, 15) is 9.59 Å². The van der Waals surface area contributed by atoms with Crippen LogP contribution in [-0.4, -0.2) is 33.9 Å². The number of thiophene rings is 1. The fraction of sp³-hybridized carbons (Fsp3) is 0.381. The molecule has 0 aliphatic heterocycles. The highest BCUT2D eigenvalue weighted by Crippen LogP contribution is 2.23. The maximum Gasteiger partial charge on any atom is 0.264 e. The molecule has 1 atom stereocenters. The summed E-state index contributed by atoms with van der Waals surface area (Å²) in [5.74, 6) is 0.479. The zero-order valence-corrected chi connectivity index (χ0v) is 16.9. The number of nitrogens with zero attached hydrogens (tertiary/aromatic N) is 2. The molecule has 2 aromatic heterocycles. The van der Waals surface area contributed by atoms with Gasteiger partial charge in [0.25, 0.3) is 11.5 Å². The molecule has 0 aliphatic carbocycles. The van der Waals surface area contributed by atoms with E-state index in [4.69, 9.17) is 5.73 Å². The number of fused-ring (bicyclic) bond motifs is 1. The standard InChI is InChI=1S/C21H26N4O2S/c1-15(19-23-17-10-5-4-9-16(17)20(26)24-19)25(13-7-3-2-6-12-22)21(27)18-11-8-14-28-18/h4-5,8-11,14-15H,2-3,6-7,12-13,22H2,1H3,(H,23,24,26). The lowest BCUT2D eigenvalue weighted by Crippen LogP contribution is -2.35. The highest BCUT2D eigenvalue weighted by molar-refractivity contribution is 7.12. The topological polar surface area (TPSA) is 92.1 Å². The molecule has 28 heavy (non-hydrogen) atoms. The summed E-state index contributed by atoms with van der Waals surface area (Å²) in [7, 11) is 0.